The molecule has 17 heavy (non-hydrogen) atoms. The molecule has 1 aromatic carbocycles. The fourth-order valence-corrected chi connectivity index (χ4v) is 3.11. The zero-order valence-corrected chi connectivity index (χ0v) is 12.6. The maximum atomic E-state index is 6.07. The average molecular weight is 331 g/mol. The van der Waals surface area contributed by atoms with Gasteiger partial charge in [0.15, 0.2) is 0 Å². The van der Waals surface area contributed by atoms with Crippen molar-refractivity contribution in [3.8, 4) is 0 Å². The molecule has 0 fully saturated rings. The number of rotatable bonds is 4. The Labute approximate surface area is 119 Å². The first-order valence-corrected chi connectivity index (χ1v) is 7.62. The normalized spacial score (nSPS) is 12.6. The molecule has 0 aliphatic carbocycles. The molecule has 0 aliphatic heterocycles. The molecule has 0 spiro atoms. The standard InChI is InChI=1S/C13H13BrClNS/c1-9-16-13(8-17-9)6-11(7-15)10-3-2-4-12(14)5-10/h2-5,8,11H,6-7H2,1H3. The summed E-state index contributed by atoms with van der Waals surface area (Å²) in [5.41, 5.74) is 2.40. The minimum atomic E-state index is 0.329. The summed E-state index contributed by atoms with van der Waals surface area (Å²) in [4.78, 5) is 4.49. The van der Waals surface area contributed by atoms with Gasteiger partial charge in [-0.05, 0) is 31.0 Å². The predicted octanol–water partition coefficient (Wildman–Crippen LogP) is 4.78. The summed E-state index contributed by atoms with van der Waals surface area (Å²) in [6.45, 7) is 2.03. The van der Waals surface area contributed by atoms with Gasteiger partial charge in [0.1, 0.15) is 0 Å². The summed E-state index contributed by atoms with van der Waals surface area (Å²) >= 11 is 11.3. The van der Waals surface area contributed by atoms with Crippen molar-refractivity contribution in [3.05, 3.63) is 50.4 Å². The van der Waals surface area contributed by atoms with E-state index in [1.807, 2.05) is 19.1 Å². The van der Waals surface area contributed by atoms with Crippen molar-refractivity contribution in [3.63, 3.8) is 0 Å². The molecule has 0 saturated heterocycles. The SMILES string of the molecule is Cc1nc(CC(CCl)c2cccc(Br)c2)cs1. The van der Waals surface area contributed by atoms with Crippen LogP contribution in [0.5, 0.6) is 0 Å². The van der Waals surface area contributed by atoms with Crippen molar-refractivity contribution < 1.29 is 0 Å². The second kappa shape index (κ2) is 5.98. The zero-order chi connectivity index (χ0) is 12.3. The van der Waals surface area contributed by atoms with Crippen molar-refractivity contribution >= 4 is 38.9 Å². The Morgan fingerprint density at radius 2 is 2.29 bits per heavy atom. The lowest BCUT2D eigenvalue weighted by Gasteiger charge is -2.13. The van der Waals surface area contributed by atoms with Crippen LogP contribution in [0, 0.1) is 6.92 Å². The first-order chi connectivity index (χ1) is 8.19. The van der Waals surface area contributed by atoms with Gasteiger partial charge in [-0.3, -0.25) is 0 Å². The average Bonchev–Trinajstić information content (AvgIpc) is 2.72. The second-order valence-corrected chi connectivity index (χ2v) is 6.25. The maximum absolute atomic E-state index is 6.07. The molecular weight excluding hydrogens is 318 g/mol. The lowest BCUT2D eigenvalue weighted by Crippen LogP contribution is -2.05. The molecule has 1 unspecified atom stereocenters. The Hall–Kier alpha value is -0.380. The molecule has 2 aromatic rings. The molecule has 2 rings (SSSR count). The van der Waals surface area contributed by atoms with Crippen LogP contribution in [-0.4, -0.2) is 10.9 Å². The maximum Gasteiger partial charge on any atom is 0.0897 e. The number of hydrogen-bond acceptors (Lipinski definition) is 2. The van der Waals surface area contributed by atoms with Crippen LogP contribution in [0.1, 0.15) is 22.2 Å². The molecule has 0 amide bonds. The van der Waals surface area contributed by atoms with Crippen molar-refractivity contribution in [1.29, 1.82) is 0 Å². The minimum Gasteiger partial charge on any atom is -0.247 e. The molecule has 1 nitrogen and oxygen atoms in total. The molecule has 0 bridgehead atoms. The van der Waals surface area contributed by atoms with Crippen LogP contribution >= 0.6 is 38.9 Å². The Bertz CT molecular complexity index is 498. The quantitative estimate of drug-likeness (QED) is 0.735. The van der Waals surface area contributed by atoms with Crippen LogP contribution in [-0.2, 0) is 6.42 Å². The Morgan fingerprint density at radius 1 is 1.47 bits per heavy atom. The van der Waals surface area contributed by atoms with Gasteiger partial charge in [0.2, 0.25) is 0 Å². The monoisotopic (exact) mass is 329 g/mol. The summed E-state index contributed by atoms with van der Waals surface area (Å²) in [6.07, 6.45) is 0.907. The van der Waals surface area contributed by atoms with Gasteiger partial charge in [0, 0.05) is 21.7 Å². The van der Waals surface area contributed by atoms with E-state index in [2.05, 4.69) is 38.4 Å². The van der Waals surface area contributed by atoms with E-state index in [4.69, 9.17) is 11.6 Å². The van der Waals surface area contributed by atoms with Crippen molar-refractivity contribution in [2.45, 2.75) is 19.3 Å². The highest BCUT2D eigenvalue weighted by Crippen LogP contribution is 2.25. The van der Waals surface area contributed by atoms with Gasteiger partial charge in [-0.2, -0.15) is 0 Å². The third-order valence-electron chi connectivity index (χ3n) is 2.63. The fraction of sp³-hybridized carbons (Fsp3) is 0.308. The largest absolute Gasteiger partial charge is 0.247 e. The number of thiazole rings is 1. The molecule has 1 aromatic heterocycles. The van der Waals surface area contributed by atoms with E-state index in [1.165, 1.54) is 5.56 Å². The minimum absolute atomic E-state index is 0.329. The number of aromatic nitrogens is 1. The van der Waals surface area contributed by atoms with Crippen molar-refractivity contribution in [2.24, 2.45) is 0 Å². The number of benzene rings is 1. The first-order valence-electron chi connectivity index (χ1n) is 5.41. The Morgan fingerprint density at radius 3 is 2.88 bits per heavy atom. The van der Waals surface area contributed by atoms with E-state index in [9.17, 15) is 0 Å². The smallest absolute Gasteiger partial charge is 0.0897 e. The molecular formula is C13H13BrClNS. The van der Waals surface area contributed by atoms with E-state index in [-0.39, 0.29) is 0 Å². The summed E-state index contributed by atoms with van der Waals surface area (Å²) in [6, 6.07) is 8.33. The van der Waals surface area contributed by atoms with Gasteiger partial charge in [-0.15, -0.1) is 22.9 Å². The summed E-state index contributed by atoms with van der Waals surface area (Å²) in [5, 5.41) is 3.23. The Kier molecular flexibility index (Phi) is 4.60. The molecule has 4 heteroatoms. The summed E-state index contributed by atoms with van der Waals surface area (Å²) < 4.78 is 1.10. The van der Waals surface area contributed by atoms with Crippen molar-refractivity contribution in [2.75, 3.05) is 5.88 Å². The molecule has 0 saturated carbocycles. The van der Waals surface area contributed by atoms with Gasteiger partial charge >= 0.3 is 0 Å². The highest BCUT2D eigenvalue weighted by atomic mass is 79.9. The number of nitrogens with zero attached hydrogens (tertiary/aromatic N) is 1. The van der Waals surface area contributed by atoms with E-state index in [0.717, 1.165) is 21.6 Å². The highest BCUT2D eigenvalue weighted by molar-refractivity contribution is 9.10. The molecule has 1 atom stereocenters. The van der Waals surface area contributed by atoms with Crippen molar-refractivity contribution in [1.82, 2.24) is 4.98 Å². The fourth-order valence-electron chi connectivity index (χ4n) is 1.78. The highest BCUT2D eigenvalue weighted by Gasteiger charge is 2.13. The van der Waals surface area contributed by atoms with Gasteiger partial charge in [0.05, 0.1) is 10.7 Å². The lowest BCUT2D eigenvalue weighted by molar-refractivity contribution is 0.749. The predicted molar refractivity (Wildman–Crippen MR) is 78.2 cm³/mol. The second-order valence-electron chi connectivity index (χ2n) is 3.97. The lowest BCUT2D eigenvalue weighted by atomic mass is 9.96. The number of hydrogen-bond donors (Lipinski definition) is 0. The number of halogens is 2. The van der Waals surface area contributed by atoms with Crippen LogP contribution < -0.4 is 0 Å². The van der Waals surface area contributed by atoms with Crippen LogP contribution in [0.15, 0.2) is 34.1 Å². The van der Waals surface area contributed by atoms with Crippen LogP contribution in [0.3, 0.4) is 0 Å². The van der Waals surface area contributed by atoms with Crippen LogP contribution in [0.25, 0.3) is 0 Å². The Balaban J connectivity index is 2.16. The van der Waals surface area contributed by atoms with Gasteiger partial charge in [-0.25, -0.2) is 4.98 Å². The van der Waals surface area contributed by atoms with Gasteiger partial charge in [0.25, 0.3) is 0 Å². The van der Waals surface area contributed by atoms with Gasteiger partial charge < -0.3 is 0 Å². The van der Waals surface area contributed by atoms with Gasteiger partial charge in [-0.1, -0.05) is 28.1 Å². The molecule has 0 radical (unpaired) electrons. The van der Waals surface area contributed by atoms with E-state index >= 15 is 0 Å². The third-order valence-corrected chi connectivity index (χ3v) is 4.32. The van der Waals surface area contributed by atoms with Crippen LogP contribution in [0.4, 0.5) is 0 Å². The first kappa shape index (κ1) is 13.1. The summed E-state index contributed by atoms with van der Waals surface area (Å²) in [5.74, 6) is 0.947. The topological polar surface area (TPSA) is 12.9 Å². The third kappa shape index (κ3) is 3.54. The summed E-state index contributed by atoms with van der Waals surface area (Å²) in [7, 11) is 0. The molecule has 0 aliphatic rings. The van der Waals surface area contributed by atoms with E-state index < -0.39 is 0 Å². The molecule has 1 heterocycles. The molecule has 90 valence electrons. The molecule has 0 N–H and O–H groups in total. The van der Waals surface area contributed by atoms with Crippen LogP contribution in [0.2, 0.25) is 0 Å². The van der Waals surface area contributed by atoms with E-state index in [0.29, 0.717) is 11.8 Å². The number of aryl methyl sites for hydroxylation is 1. The van der Waals surface area contributed by atoms with E-state index in [1.54, 1.807) is 11.3 Å². The number of alkyl halides is 1. The zero-order valence-electron chi connectivity index (χ0n) is 9.49.